The molecule has 0 aliphatic carbocycles. The third kappa shape index (κ3) is 11.8. The van der Waals surface area contributed by atoms with Gasteiger partial charge < -0.3 is 37.2 Å². The van der Waals surface area contributed by atoms with Gasteiger partial charge in [0.1, 0.15) is 5.69 Å². The molecule has 1 unspecified atom stereocenters. The molecule has 0 aromatic heterocycles. The molecule has 0 bridgehead atoms. The number of non-ortho nitro benzene ring substituents is 1. The Bertz CT molecular complexity index is 853. The zero-order valence-electron chi connectivity index (χ0n) is 25.3. The highest BCUT2D eigenvalue weighted by molar-refractivity contribution is 6.62. The minimum Gasteiger partial charge on any atom is -0.379 e. The van der Waals surface area contributed by atoms with Crippen LogP contribution in [0.15, 0.2) is 18.2 Å². The maximum atomic E-state index is 11.1. The van der Waals surface area contributed by atoms with Gasteiger partial charge in [0.15, 0.2) is 0 Å². The third-order valence-electron chi connectivity index (χ3n) is 5.78. The molecule has 16 heteroatoms. The summed E-state index contributed by atoms with van der Waals surface area (Å²) in [4.78, 5) is 20.6. The fourth-order valence-electron chi connectivity index (χ4n) is 4.08. The molecule has 232 valence electrons. The van der Waals surface area contributed by atoms with Crippen molar-refractivity contribution in [2.24, 2.45) is 5.92 Å². The number of nitrogens with zero attached hydrogens (tertiary/aromatic N) is 2. The molecule has 0 aliphatic rings. The number of hydrogen-bond donors (Lipinski definition) is 2. The second-order valence-electron chi connectivity index (χ2n) is 8.72. The first-order chi connectivity index (χ1) is 19.0. The Labute approximate surface area is 240 Å². The van der Waals surface area contributed by atoms with Crippen molar-refractivity contribution in [3.05, 3.63) is 38.4 Å². The van der Waals surface area contributed by atoms with Crippen LogP contribution in [0.25, 0.3) is 0 Å². The molecule has 1 aromatic carbocycles. The maximum absolute atomic E-state index is 11.1. The Morgan fingerprint density at radius 1 is 0.875 bits per heavy atom. The lowest BCUT2D eigenvalue weighted by atomic mass is 10.2. The first kappa shape index (κ1) is 38.0. The predicted molar refractivity (Wildman–Crippen MR) is 157 cm³/mol. The first-order valence-electron chi connectivity index (χ1n) is 13.4. The SMILES string of the molecule is CCNC(C(C)C)[Si](OC)(OC)OC.CCO[Si](CCCNc1ccc([N+](=O)[O-])cc1[N+](=O)[O-])(OCC)OCC. The average Bonchev–Trinajstić information content (AvgIpc) is 2.92. The number of nitro benzene ring substituents is 2. The topological polar surface area (TPSA) is 166 Å². The van der Waals surface area contributed by atoms with Crippen LogP contribution in [0.2, 0.25) is 6.04 Å². The lowest BCUT2D eigenvalue weighted by Crippen LogP contribution is -2.62. The first-order valence-corrected chi connectivity index (χ1v) is 17.2. The van der Waals surface area contributed by atoms with Crippen molar-refractivity contribution in [2.45, 2.75) is 59.7 Å². The molecule has 0 radical (unpaired) electrons. The Kier molecular flexibility index (Phi) is 18.9. The van der Waals surface area contributed by atoms with Crippen molar-refractivity contribution in [1.29, 1.82) is 0 Å². The highest BCUT2D eigenvalue weighted by atomic mass is 28.4. The monoisotopic (exact) mass is 608 g/mol. The van der Waals surface area contributed by atoms with Crippen molar-refractivity contribution in [3.63, 3.8) is 0 Å². The summed E-state index contributed by atoms with van der Waals surface area (Å²) in [5, 5.41) is 28.2. The van der Waals surface area contributed by atoms with E-state index in [2.05, 4.69) is 31.4 Å². The van der Waals surface area contributed by atoms with Crippen LogP contribution in [0.1, 0.15) is 48.0 Å². The van der Waals surface area contributed by atoms with Crippen molar-refractivity contribution < 1.29 is 36.4 Å². The van der Waals surface area contributed by atoms with Gasteiger partial charge in [-0.3, -0.25) is 20.2 Å². The third-order valence-corrected chi connectivity index (χ3v) is 12.3. The summed E-state index contributed by atoms with van der Waals surface area (Å²) in [5.74, 6) is 0.418. The van der Waals surface area contributed by atoms with Crippen molar-refractivity contribution in [3.8, 4) is 0 Å². The lowest BCUT2D eigenvalue weighted by Gasteiger charge is -2.35. The van der Waals surface area contributed by atoms with E-state index < -0.39 is 27.5 Å². The van der Waals surface area contributed by atoms with Crippen LogP contribution in [-0.2, 0) is 26.6 Å². The van der Waals surface area contributed by atoms with Gasteiger partial charge in [-0.1, -0.05) is 20.8 Å². The minimum atomic E-state index is -2.76. The Morgan fingerprint density at radius 2 is 1.40 bits per heavy atom. The quantitative estimate of drug-likeness (QED) is 0.0929. The van der Waals surface area contributed by atoms with Crippen LogP contribution in [0.4, 0.5) is 17.1 Å². The summed E-state index contributed by atoms with van der Waals surface area (Å²) in [5.41, 5.74) is -0.274. The molecule has 14 nitrogen and oxygen atoms in total. The fraction of sp³-hybridized carbons (Fsp3) is 0.750. The number of anilines is 1. The number of rotatable bonds is 20. The van der Waals surface area contributed by atoms with Gasteiger partial charge in [0, 0.05) is 59.8 Å². The van der Waals surface area contributed by atoms with Gasteiger partial charge in [0.2, 0.25) is 0 Å². The van der Waals surface area contributed by atoms with E-state index in [1.165, 1.54) is 12.1 Å². The van der Waals surface area contributed by atoms with Crippen LogP contribution in [-0.4, -0.2) is 87.4 Å². The Hall–Kier alpha value is -2.03. The second-order valence-corrected chi connectivity index (χ2v) is 14.5. The molecule has 0 amide bonds. The standard InChI is InChI=1S/C15H25N3O7Si.C9H23NO3Si/c1-4-23-26(24-5-2,25-6-3)11-7-10-16-14-9-8-13(17(19)20)12-15(14)18(21)22;1-7-10-9(8(2)3)14(11-4,12-5)13-6/h8-9,12,16H,4-7,10-11H2,1-3H3;8-10H,7H2,1-6H3. The van der Waals surface area contributed by atoms with Crippen molar-refractivity contribution >= 4 is 34.7 Å². The molecule has 1 atom stereocenters. The van der Waals surface area contributed by atoms with E-state index in [-0.39, 0.29) is 22.7 Å². The van der Waals surface area contributed by atoms with Crippen LogP contribution < -0.4 is 10.6 Å². The van der Waals surface area contributed by atoms with E-state index in [1.54, 1.807) is 21.3 Å². The molecule has 1 rings (SSSR count). The number of benzene rings is 1. The van der Waals surface area contributed by atoms with Crippen LogP contribution in [0.5, 0.6) is 0 Å². The molecule has 2 N–H and O–H groups in total. The summed E-state index contributed by atoms with van der Waals surface area (Å²) in [6.45, 7) is 14.7. The summed E-state index contributed by atoms with van der Waals surface area (Å²) >= 11 is 0. The molecule has 1 aromatic rings. The summed E-state index contributed by atoms with van der Waals surface area (Å²) < 4.78 is 33.6. The fourth-order valence-corrected chi connectivity index (χ4v) is 9.23. The molecule has 0 spiro atoms. The van der Waals surface area contributed by atoms with Crippen molar-refractivity contribution in [1.82, 2.24) is 5.32 Å². The molecule has 0 aliphatic heterocycles. The van der Waals surface area contributed by atoms with Gasteiger partial charge >= 0.3 is 17.6 Å². The predicted octanol–water partition coefficient (Wildman–Crippen LogP) is 4.39. The highest BCUT2D eigenvalue weighted by Crippen LogP contribution is 2.29. The Morgan fingerprint density at radius 3 is 1.77 bits per heavy atom. The largest absolute Gasteiger partial charge is 0.518 e. The number of nitrogens with one attached hydrogen (secondary N) is 2. The lowest BCUT2D eigenvalue weighted by molar-refractivity contribution is -0.393. The smallest absolute Gasteiger partial charge is 0.379 e. The van der Waals surface area contributed by atoms with Gasteiger partial charge in [0.25, 0.3) is 11.4 Å². The minimum absolute atomic E-state index is 0.146. The number of nitro groups is 2. The number of hydrogen-bond acceptors (Lipinski definition) is 12. The second kappa shape index (κ2) is 19.9. The van der Waals surface area contributed by atoms with E-state index in [4.69, 9.17) is 26.6 Å². The maximum Gasteiger partial charge on any atom is 0.518 e. The Balaban J connectivity index is 0.000000919. The molecular weight excluding hydrogens is 560 g/mol. The molecule has 0 saturated heterocycles. The summed E-state index contributed by atoms with van der Waals surface area (Å²) in [6, 6.07) is 4.09. The van der Waals surface area contributed by atoms with E-state index in [0.29, 0.717) is 44.7 Å². The van der Waals surface area contributed by atoms with Gasteiger partial charge in [-0.2, -0.15) is 0 Å². The summed E-state index contributed by atoms with van der Waals surface area (Å²) in [6.07, 6.45) is 0.611. The van der Waals surface area contributed by atoms with Crippen LogP contribution in [0.3, 0.4) is 0 Å². The van der Waals surface area contributed by atoms with Gasteiger partial charge in [-0.25, -0.2) is 0 Å². The zero-order valence-corrected chi connectivity index (χ0v) is 27.3. The summed E-state index contributed by atoms with van der Waals surface area (Å²) in [7, 11) is -0.364. The average molecular weight is 609 g/mol. The van der Waals surface area contributed by atoms with Gasteiger partial charge in [-0.05, 0) is 45.7 Å². The molecular formula is C24H48N4O10Si2. The van der Waals surface area contributed by atoms with Crippen molar-refractivity contribution in [2.75, 3.05) is 59.6 Å². The van der Waals surface area contributed by atoms with E-state index in [1.807, 2.05) is 20.8 Å². The molecule has 40 heavy (non-hydrogen) atoms. The van der Waals surface area contributed by atoms with Gasteiger partial charge in [-0.15, -0.1) is 0 Å². The molecule has 0 saturated carbocycles. The molecule has 0 heterocycles. The zero-order chi connectivity index (χ0) is 30.8. The van der Waals surface area contributed by atoms with Gasteiger partial charge in [0.05, 0.1) is 21.6 Å². The van der Waals surface area contributed by atoms with Crippen LogP contribution in [0, 0.1) is 26.1 Å². The molecule has 0 fully saturated rings. The normalized spacial score (nSPS) is 12.6. The van der Waals surface area contributed by atoms with E-state index in [0.717, 1.165) is 12.6 Å². The van der Waals surface area contributed by atoms with Crippen LogP contribution >= 0.6 is 0 Å². The van der Waals surface area contributed by atoms with E-state index >= 15 is 0 Å². The van der Waals surface area contributed by atoms with E-state index in [9.17, 15) is 20.2 Å². The highest BCUT2D eigenvalue weighted by Gasteiger charge is 2.48.